The van der Waals surface area contributed by atoms with Crippen molar-refractivity contribution in [1.82, 2.24) is 10.0 Å². The van der Waals surface area contributed by atoms with Gasteiger partial charge in [0.2, 0.25) is 0 Å². The normalized spacial score (nSPS) is 21.5. The van der Waals surface area contributed by atoms with E-state index in [1.165, 1.54) is 16.4 Å². The molecule has 1 aromatic heterocycles. The van der Waals surface area contributed by atoms with E-state index in [1.807, 2.05) is 45.9 Å². The number of rotatable bonds is 3. The Kier molecular flexibility index (Phi) is 4.02. The second-order valence-corrected chi connectivity index (χ2v) is 8.39. The van der Waals surface area contributed by atoms with E-state index in [0.717, 1.165) is 28.8 Å². The van der Waals surface area contributed by atoms with Crippen molar-refractivity contribution in [3.05, 3.63) is 18.2 Å². The summed E-state index contributed by atoms with van der Waals surface area (Å²) in [5.41, 5.74) is 0.266. The molecule has 1 fully saturated rings. The molecule has 0 atom stereocenters. The highest BCUT2D eigenvalue weighted by Gasteiger charge is 2.46. The fourth-order valence-corrected chi connectivity index (χ4v) is 4.38. The molecule has 0 aliphatic carbocycles. The van der Waals surface area contributed by atoms with Gasteiger partial charge < -0.3 is 14.7 Å². The maximum atomic E-state index is 10.4. The minimum absolute atomic E-state index is 0.0332. The minimum atomic E-state index is -0.327. The summed E-state index contributed by atoms with van der Waals surface area (Å²) in [4.78, 5) is 4.56. The Hall–Kier alpha value is -1.37. The Balaban J connectivity index is 1.81. The monoisotopic (exact) mass is 336 g/mol. The summed E-state index contributed by atoms with van der Waals surface area (Å²) in [7, 11) is 1.66. The molecule has 0 saturated carbocycles. The summed E-state index contributed by atoms with van der Waals surface area (Å²) in [5, 5.41) is 12.5. The van der Waals surface area contributed by atoms with Crippen LogP contribution < -0.4 is 9.47 Å². The number of hydrogen-bond donors (Lipinski definition) is 1. The lowest BCUT2D eigenvalue weighted by Gasteiger charge is -2.50. The van der Waals surface area contributed by atoms with E-state index in [4.69, 9.17) is 9.47 Å². The third-order valence-corrected chi connectivity index (χ3v) is 5.35. The number of piperidine rings is 1. The molecule has 126 valence electrons. The van der Waals surface area contributed by atoms with Gasteiger partial charge in [0.15, 0.2) is 0 Å². The van der Waals surface area contributed by atoms with Crippen molar-refractivity contribution in [2.45, 2.75) is 57.7 Å². The number of hydroxylamine groups is 2. The number of benzene rings is 1. The molecule has 0 amide bonds. The Morgan fingerprint density at radius 1 is 1.22 bits per heavy atom. The number of methoxy groups -OCH3 is 1. The van der Waals surface area contributed by atoms with Crippen LogP contribution in [0.2, 0.25) is 0 Å². The third-order valence-electron chi connectivity index (χ3n) is 4.44. The lowest BCUT2D eigenvalue weighted by atomic mass is 9.80. The fraction of sp³-hybridized carbons (Fsp3) is 0.588. The van der Waals surface area contributed by atoms with Crippen LogP contribution in [0.1, 0.15) is 40.5 Å². The predicted molar refractivity (Wildman–Crippen MR) is 91.6 cm³/mol. The summed E-state index contributed by atoms with van der Waals surface area (Å²) in [6.45, 7) is 8.14. The van der Waals surface area contributed by atoms with Crippen LogP contribution in [0.5, 0.6) is 10.9 Å². The molecule has 5 nitrogen and oxygen atoms in total. The van der Waals surface area contributed by atoms with Gasteiger partial charge in [0.1, 0.15) is 11.9 Å². The van der Waals surface area contributed by atoms with E-state index in [9.17, 15) is 5.21 Å². The molecule has 1 saturated heterocycles. The van der Waals surface area contributed by atoms with Crippen molar-refractivity contribution in [1.29, 1.82) is 0 Å². The summed E-state index contributed by atoms with van der Waals surface area (Å²) in [6, 6.07) is 5.83. The number of nitrogens with zero attached hydrogens (tertiary/aromatic N) is 2. The molecule has 2 aromatic rings. The van der Waals surface area contributed by atoms with Crippen LogP contribution in [0, 0.1) is 0 Å². The molecule has 0 unspecified atom stereocenters. The molecule has 1 aromatic carbocycles. The largest absolute Gasteiger partial charge is 0.497 e. The van der Waals surface area contributed by atoms with E-state index < -0.39 is 0 Å². The number of thiazole rings is 1. The van der Waals surface area contributed by atoms with Gasteiger partial charge >= 0.3 is 0 Å². The van der Waals surface area contributed by atoms with Gasteiger partial charge in [-0.1, -0.05) is 11.3 Å². The average Bonchev–Trinajstić information content (AvgIpc) is 2.85. The predicted octanol–water partition coefficient (Wildman–Crippen LogP) is 4.09. The summed E-state index contributed by atoms with van der Waals surface area (Å²) < 4.78 is 12.5. The molecular weight excluding hydrogens is 312 g/mol. The van der Waals surface area contributed by atoms with E-state index in [0.29, 0.717) is 5.19 Å². The van der Waals surface area contributed by atoms with Gasteiger partial charge in [-0.2, -0.15) is 5.06 Å². The van der Waals surface area contributed by atoms with Gasteiger partial charge in [-0.15, -0.1) is 0 Å². The summed E-state index contributed by atoms with van der Waals surface area (Å²) in [5.74, 6) is 0.823. The molecule has 0 bridgehead atoms. The first kappa shape index (κ1) is 16.5. The van der Waals surface area contributed by atoms with Crippen LogP contribution in [0.15, 0.2) is 18.2 Å². The van der Waals surface area contributed by atoms with Crippen molar-refractivity contribution in [2.75, 3.05) is 7.11 Å². The van der Waals surface area contributed by atoms with Crippen LogP contribution in [0.3, 0.4) is 0 Å². The van der Waals surface area contributed by atoms with E-state index in [2.05, 4.69) is 4.98 Å². The molecule has 1 aliphatic rings. The third kappa shape index (κ3) is 3.16. The highest BCUT2D eigenvalue weighted by atomic mass is 32.1. The first-order chi connectivity index (χ1) is 10.7. The lowest BCUT2D eigenvalue weighted by Crippen LogP contribution is -2.61. The highest BCUT2D eigenvalue weighted by molar-refractivity contribution is 7.20. The quantitative estimate of drug-likeness (QED) is 0.915. The second kappa shape index (κ2) is 5.61. The second-order valence-electron chi connectivity index (χ2n) is 7.40. The molecule has 23 heavy (non-hydrogen) atoms. The molecule has 1 N–H and O–H groups in total. The SMILES string of the molecule is COc1ccc2nc(OC3CC(C)(C)N(O)C(C)(C)C3)sc2c1. The van der Waals surface area contributed by atoms with E-state index in [1.54, 1.807) is 7.11 Å². The standard InChI is InChI=1S/C17H24N2O3S/c1-16(2)9-12(10-17(3,4)19(16)20)22-15-18-13-7-6-11(21-5)8-14(13)23-15/h6-8,12,20H,9-10H2,1-5H3. The van der Waals surface area contributed by atoms with Gasteiger partial charge in [0.05, 0.1) is 17.3 Å². The Morgan fingerprint density at radius 2 is 1.87 bits per heavy atom. The van der Waals surface area contributed by atoms with Gasteiger partial charge in [-0.3, -0.25) is 0 Å². The first-order valence-electron chi connectivity index (χ1n) is 7.82. The van der Waals surface area contributed by atoms with Crippen molar-refractivity contribution in [3.8, 4) is 10.9 Å². The summed E-state index contributed by atoms with van der Waals surface area (Å²) in [6.07, 6.45) is 1.55. The van der Waals surface area contributed by atoms with Crippen molar-refractivity contribution in [2.24, 2.45) is 0 Å². The van der Waals surface area contributed by atoms with Crippen LogP contribution in [-0.2, 0) is 0 Å². The van der Waals surface area contributed by atoms with E-state index in [-0.39, 0.29) is 17.2 Å². The Labute approximate surface area is 140 Å². The lowest BCUT2D eigenvalue weighted by molar-refractivity contribution is -0.254. The zero-order valence-corrected chi connectivity index (χ0v) is 15.1. The maximum absolute atomic E-state index is 10.4. The fourth-order valence-electron chi connectivity index (χ4n) is 3.47. The van der Waals surface area contributed by atoms with Gasteiger partial charge in [-0.25, -0.2) is 4.98 Å². The molecule has 6 heteroatoms. The van der Waals surface area contributed by atoms with Crippen LogP contribution in [0.25, 0.3) is 10.2 Å². The minimum Gasteiger partial charge on any atom is -0.497 e. The highest BCUT2D eigenvalue weighted by Crippen LogP contribution is 2.39. The van der Waals surface area contributed by atoms with Gasteiger partial charge in [-0.05, 0) is 45.9 Å². The zero-order chi connectivity index (χ0) is 16.8. The number of aromatic nitrogens is 1. The van der Waals surface area contributed by atoms with Gasteiger partial charge in [0.25, 0.3) is 5.19 Å². The van der Waals surface area contributed by atoms with E-state index >= 15 is 0 Å². The van der Waals surface area contributed by atoms with Crippen LogP contribution in [-0.4, -0.2) is 39.5 Å². The van der Waals surface area contributed by atoms with Crippen molar-refractivity contribution in [3.63, 3.8) is 0 Å². The van der Waals surface area contributed by atoms with Gasteiger partial charge in [0, 0.05) is 23.9 Å². The van der Waals surface area contributed by atoms with Crippen LogP contribution in [0.4, 0.5) is 0 Å². The average molecular weight is 336 g/mol. The molecule has 1 aliphatic heterocycles. The zero-order valence-electron chi connectivity index (χ0n) is 14.3. The molecular formula is C17H24N2O3S. The molecule has 0 spiro atoms. The molecule has 0 radical (unpaired) electrons. The topological polar surface area (TPSA) is 54.8 Å². The molecule has 2 heterocycles. The Bertz CT molecular complexity index is 693. The number of hydrogen-bond acceptors (Lipinski definition) is 6. The maximum Gasteiger partial charge on any atom is 0.274 e. The van der Waals surface area contributed by atoms with Crippen molar-refractivity contribution >= 4 is 21.6 Å². The number of fused-ring (bicyclic) bond motifs is 1. The van der Waals surface area contributed by atoms with Crippen molar-refractivity contribution < 1.29 is 14.7 Å². The Morgan fingerprint density at radius 3 is 2.48 bits per heavy atom. The van der Waals surface area contributed by atoms with Crippen LogP contribution >= 0.6 is 11.3 Å². The molecule has 3 rings (SSSR count). The smallest absolute Gasteiger partial charge is 0.274 e. The first-order valence-corrected chi connectivity index (χ1v) is 8.63. The number of ether oxygens (including phenoxy) is 2. The summed E-state index contributed by atoms with van der Waals surface area (Å²) >= 11 is 1.53.